The summed E-state index contributed by atoms with van der Waals surface area (Å²) in [6, 6.07) is 7.10. The van der Waals surface area contributed by atoms with E-state index in [9.17, 15) is 30.0 Å². The summed E-state index contributed by atoms with van der Waals surface area (Å²) < 4.78 is 0. The molecule has 0 aromatic heterocycles. The molecule has 1 saturated carbocycles. The molecule has 114 valence electrons. The second-order valence-corrected chi connectivity index (χ2v) is 5.59. The van der Waals surface area contributed by atoms with Crippen LogP contribution in [0.2, 0.25) is 0 Å². The maximum absolute atomic E-state index is 12.1. The smallest absolute Gasteiger partial charge is 0.336 e. The van der Waals surface area contributed by atoms with E-state index < -0.39 is 41.9 Å². The standard InChI is InChI=1S/C15H18O6/c1-8-2-4-9(5-3-8)6-10-12(17)13(18)11(16)7-15(10,21)14(19)20/h2-5,10-11,13,16,18,21H,6-7H2,1H3,(H,19,20)/t10-,11+,13-,15+/m0/s1. The molecule has 2 rings (SSSR count). The number of carbonyl (C=O) groups is 2. The molecule has 0 aliphatic heterocycles. The zero-order valence-corrected chi connectivity index (χ0v) is 11.6. The summed E-state index contributed by atoms with van der Waals surface area (Å²) in [4.78, 5) is 23.4. The molecule has 21 heavy (non-hydrogen) atoms. The lowest BCUT2D eigenvalue weighted by Gasteiger charge is -2.39. The first-order chi connectivity index (χ1) is 9.75. The normalized spacial score (nSPS) is 33.0. The predicted molar refractivity (Wildman–Crippen MR) is 72.6 cm³/mol. The Morgan fingerprint density at radius 2 is 1.86 bits per heavy atom. The summed E-state index contributed by atoms with van der Waals surface area (Å²) >= 11 is 0. The molecule has 0 heterocycles. The lowest BCUT2D eigenvalue weighted by molar-refractivity contribution is -0.187. The van der Waals surface area contributed by atoms with E-state index in [1.807, 2.05) is 19.1 Å². The van der Waals surface area contributed by atoms with E-state index in [-0.39, 0.29) is 6.42 Å². The number of aryl methyl sites for hydroxylation is 1. The van der Waals surface area contributed by atoms with Crippen LogP contribution in [0.1, 0.15) is 17.5 Å². The van der Waals surface area contributed by atoms with Crippen LogP contribution < -0.4 is 0 Å². The van der Waals surface area contributed by atoms with Gasteiger partial charge in [-0.1, -0.05) is 29.8 Å². The first kappa shape index (κ1) is 15.6. The highest BCUT2D eigenvalue weighted by Gasteiger charge is 2.55. The van der Waals surface area contributed by atoms with Crippen LogP contribution in [0.3, 0.4) is 0 Å². The van der Waals surface area contributed by atoms with Crippen LogP contribution >= 0.6 is 0 Å². The van der Waals surface area contributed by atoms with Gasteiger partial charge in [-0.25, -0.2) is 4.79 Å². The van der Waals surface area contributed by atoms with Crippen molar-refractivity contribution in [2.45, 2.75) is 37.6 Å². The third kappa shape index (κ3) is 2.83. The monoisotopic (exact) mass is 294 g/mol. The van der Waals surface area contributed by atoms with Crippen molar-refractivity contribution < 1.29 is 30.0 Å². The Morgan fingerprint density at radius 1 is 1.29 bits per heavy atom. The quantitative estimate of drug-likeness (QED) is 0.606. The predicted octanol–water partition coefficient (Wildman–Crippen LogP) is -0.336. The van der Waals surface area contributed by atoms with E-state index in [2.05, 4.69) is 0 Å². The van der Waals surface area contributed by atoms with Gasteiger partial charge in [0.05, 0.1) is 12.0 Å². The van der Waals surface area contributed by atoms with Gasteiger partial charge in [-0.3, -0.25) is 4.79 Å². The van der Waals surface area contributed by atoms with Gasteiger partial charge in [-0.15, -0.1) is 0 Å². The molecule has 6 heteroatoms. The summed E-state index contributed by atoms with van der Waals surface area (Å²) in [5, 5.41) is 38.7. The van der Waals surface area contributed by atoms with Gasteiger partial charge in [0.25, 0.3) is 0 Å². The van der Waals surface area contributed by atoms with Crippen LogP contribution in [0, 0.1) is 12.8 Å². The van der Waals surface area contributed by atoms with Crippen LogP contribution in [0.5, 0.6) is 0 Å². The van der Waals surface area contributed by atoms with E-state index in [0.29, 0.717) is 5.56 Å². The van der Waals surface area contributed by atoms with E-state index in [1.165, 1.54) is 0 Å². The van der Waals surface area contributed by atoms with Crippen LogP contribution in [0.4, 0.5) is 0 Å². The summed E-state index contributed by atoms with van der Waals surface area (Å²) in [7, 11) is 0. The molecule has 1 aliphatic carbocycles. The minimum absolute atomic E-state index is 0.00824. The van der Waals surface area contributed by atoms with Gasteiger partial charge in [0.2, 0.25) is 0 Å². The number of aliphatic hydroxyl groups is 3. The van der Waals surface area contributed by atoms with Crippen molar-refractivity contribution in [1.29, 1.82) is 0 Å². The van der Waals surface area contributed by atoms with Gasteiger partial charge in [0, 0.05) is 6.42 Å². The van der Waals surface area contributed by atoms with Gasteiger partial charge in [0.15, 0.2) is 11.4 Å². The maximum Gasteiger partial charge on any atom is 0.336 e. The Morgan fingerprint density at radius 3 is 2.38 bits per heavy atom. The fourth-order valence-corrected chi connectivity index (χ4v) is 2.67. The van der Waals surface area contributed by atoms with E-state index in [1.54, 1.807) is 12.1 Å². The third-order valence-corrected chi connectivity index (χ3v) is 4.03. The van der Waals surface area contributed by atoms with Gasteiger partial charge >= 0.3 is 5.97 Å². The number of hydrogen-bond acceptors (Lipinski definition) is 5. The van der Waals surface area contributed by atoms with Crippen molar-refractivity contribution >= 4 is 11.8 Å². The fraction of sp³-hybridized carbons (Fsp3) is 0.467. The first-order valence-electron chi connectivity index (χ1n) is 6.67. The molecule has 0 bridgehead atoms. The molecule has 1 fully saturated rings. The van der Waals surface area contributed by atoms with Gasteiger partial charge in [-0.05, 0) is 18.9 Å². The number of hydrogen-bond donors (Lipinski definition) is 4. The molecule has 0 radical (unpaired) electrons. The Bertz CT molecular complexity index is 552. The van der Waals surface area contributed by atoms with Crippen molar-refractivity contribution in [3.8, 4) is 0 Å². The number of ketones is 1. The van der Waals surface area contributed by atoms with Gasteiger partial charge < -0.3 is 20.4 Å². The van der Waals surface area contributed by atoms with Crippen LogP contribution in [-0.4, -0.2) is 50.0 Å². The number of Topliss-reactive ketones (excluding diaryl/α,β-unsaturated/α-hetero) is 1. The number of aliphatic carboxylic acids is 1. The maximum atomic E-state index is 12.1. The van der Waals surface area contributed by atoms with Gasteiger partial charge in [0.1, 0.15) is 6.10 Å². The number of carboxylic acids is 1. The first-order valence-corrected chi connectivity index (χ1v) is 6.67. The fourth-order valence-electron chi connectivity index (χ4n) is 2.67. The molecule has 6 nitrogen and oxygen atoms in total. The number of carbonyl (C=O) groups excluding carboxylic acids is 1. The third-order valence-electron chi connectivity index (χ3n) is 4.03. The molecule has 1 aliphatic rings. The molecule has 1 aromatic rings. The molecular formula is C15H18O6. The minimum atomic E-state index is -2.37. The highest BCUT2D eigenvalue weighted by atomic mass is 16.4. The van der Waals surface area contributed by atoms with Crippen LogP contribution in [-0.2, 0) is 16.0 Å². The van der Waals surface area contributed by atoms with Crippen molar-refractivity contribution in [1.82, 2.24) is 0 Å². The van der Waals surface area contributed by atoms with Crippen molar-refractivity contribution in [3.05, 3.63) is 35.4 Å². The number of aliphatic hydroxyl groups excluding tert-OH is 2. The van der Waals surface area contributed by atoms with E-state index in [4.69, 9.17) is 0 Å². The average molecular weight is 294 g/mol. The second kappa shape index (κ2) is 5.55. The van der Waals surface area contributed by atoms with Gasteiger partial charge in [-0.2, -0.15) is 0 Å². The molecule has 0 amide bonds. The number of benzene rings is 1. The molecule has 1 aromatic carbocycles. The van der Waals surface area contributed by atoms with Crippen molar-refractivity contribution in [2.75, 3.05) is 0 Å². The highest BCUT2D eigenvalue weighted by molar-refractivity contribution is 5.94. The molecule has 0 spiro atoms. The zero-order chi connectivity index (χ0) is 15.8. The Hall–Kier alpha value is -1.76. The summed E-state index contributed by atoms with van der Waals surface area (Å²) in [6.45, 7) is 1.89. The number of carboxylic acid groups (broad SMARTS) is 1. The molecular weight excluding hydrogens is 276 g/mol. The molecule has 4 atom stereocenters. The largest absolute Gasteiger partial charge is 0.479 e. The average Bonchev–Trinajstić information content (AvgIpc) is 2.43. The Labute approximate surface area is 121 Å². The minimum Gasteiger partial charge on any atom is -0.479 e. The lowest BCUT2D eigenvalue weighted by atomic mass is 9.69. The summed E-state index contributed by atoms with van der Waals surface area (Å²) in [6.07, 6.45) is -3.83. The summed E-state index contributed by atoms with van der Waals surface area (Å²) in [5.41, 5.74) is -0.680. The van der Waals surface area contributed by atoms with Crippen LogP contribution in [0.25, 0.3) is 0 Å². The van der Waals surface area contributed by atoms with E-state index >= 15 is 0 Å². The topological polar surface area (TPSA) is 115 Å². The molecule has 0 unspecified atom stereocenters. The van der Waals surface area contributed by atoms with E-state index in [0.717, 1.165) is 5.56 Å². The lowest BCUT2D eigenvalue weighted by Crippen LogP contribution is -2.61. The Kier molecular flexibility index (Phi) is 4.13. The SMILES string of the molecule is Cc1ccc(C[C@H]2C(=O)[C@@H](O)[C@H](O)C[C@]2(O)C(=O)O)cc1. The zero-order valence-electron chi connectivity index (χ0n) is 11.6. The molecule has 0 saturated heterocycles. The highest BCUT2D eigenvalue weighted by Crippen LogP contribution is 2.34. The van der Waals surface area contributed by atoms with Crippen molar-refractivity contribution in [2.24, 2.45) is 5.92 Å². The number of rotatable bonds is 3. The molecule has 4 N–H and O–H groups in total. The second-order valence-electron chi connectivity index (χ2n) is 5.59. The van der Waals surface area contributed by atoms with Crippen molar-refractivity contribution in [3.63, 3.8) is 0 Å². The van der Waals surface area contributed by atoms with Crippen LogP contribution in [0.15, 0.2) is 24.3 Å². The Balaban J connectivity index is 2.33. The summed E-state index contributed by atoms with van der Waals surface area (Å²) in [5.74, 6) is -3.71.